The van der Waals surface area contributed by atoms with Gasteiger partial charge in [0.05, 0.1) is 17.8 Å². The summed E-state index contributed by atoms with van der Waals surface area (Å²) in [5, 5.41) is 8.86. The first-order valence-corrected chi connectivity index (χ1v) is 7.52. The Morgan fingerprint density at radius 2 is 2.00 bits per heavy atom. The number of piperidine rings is 1. The minimum absolute atomic E-state index is 0.0342. The quantitative estimate of drug-likeness (QED) is 0.943. The van der Waals surface area contributed by atoms with Crippen LogP contribution >= 0.6 is 0 Å². The van der Waals surface area contributed by atoms with Gasteiger partial charge in [-0.3, -0.25) is 4.79 Å². The van der Waals surface area contributed by atoms with Crippen molar-refractivity contribution in [3.05, 3.63) is 30.2 Å². The van der Waals surface area contributed by atoms with Gasteiger partial charge in [-0.15, -0.1) is 0 Å². The molecule has 5 nitrogen and oxygen atoms in total. The zero-order valence-electron chi connectivity index (χ0n) is 12.5. The number of carboxylic acids is 1. The normalized spacial score (nSPS) is 22.7. The number of carboxylic acid groups (broad SMARTS) is 1. The molecule has 112 valence electrons. The second-order valence-corrected chi connectivity index (χ2v) is 5.99. The van der Waals surface area contributed by atoms with Crippen molar-refractivity contribution in [3.8, 4) is 0 Å². The number of pyridine rings is 1. The van der Waals surface area contributed by atoms with E-state index >= 15 is 0 Å². The molecule has 1 fully saturated rings. The number of imidazole rings is 1. The van der Waals surface area contributed by atoms with E-state index in [1.165, 1.54) is 24.9 Å². The first-order chi connectivity index (χ1) is 10.0. The molecule has 2 atom stereocenters. The van der Waals surface area contributed by atoms with Gasteiger partial charge in [0.15, 0.2) is 0 Å². The summed E-state index contributed by atoms with van der Waals surface area (Å²) in [7, 11) is 0. The average Bonchev–Trinajstić information content (AvgIpc) is 2.79. The molecule has 0 saturated carbocycles. The number of aliphatic carboxylic acids is 1. The molecule has 2 unspecified atom stereocenters. The van der Waals surface area contributed by atoms with Crippen molar-refractivity contribution >= 4 is 17.3 Å². The molecule has 1 N–H and O–H groups in total. The molecule has 1 aliphatic rings. The van der Waals surface area contributed by atoms with Crippen molar-refractivity contribution in [2.75, 3.05) is 4.90 Å². The van der Waals surface area contributed by atoms with Crippen molar-refractivity contribution in [3.63, 3.8) is 0 Å². The highest BCUT2D eigenvalue weighted by Crippen LogP contribution is 2.29. The van der Waals surface area contributed by atoms with Gasteiger partial charge in [0.1, 0.15) is 5.65 Å². The van der Waals surface area contributed by atoms with Crippen LogP contribution in [0.1, 0.15) is 38.8 Å². The second-order valence-electron chi connectivity index (χ2n) is 5.99. The molecular formula is C16H21N3O2. The van der Waals surface area contributed by atoms with E-state index in [1.54, 1.807) is 0 Å². The van der Waals surface area contributed by atoms with Gasteiger partial charge in [0.2, 0.25) is 0 Å². The number of hydrogen-bond acceptors (Lipinski definition) is 3. The lowest BCUT2D eigenvalue weighted by Crippen LogP contribution is -2.43. The maximum Gasteiger partial charge on any atom is 0.309 e. The first-order valence-electron chi connectivity index (χ1n) is 7.52. The maximum absolute atomic E-state index is 10.8. The van der Waals surface area contributed by atoms with E-state index in [4.69, 9.17) is 5.11 Å². The van der Waals surface area contributed by atoms with E-state index in [9.17, 15) is 4.79 Å². The molecule has 0 spiro atoms. The highest BCUT2D eigenvalue weighted by molar-refractivity contribution is 5.70. The molecule has 2 aromatic heterocycles. The van der Waals surface area contributed by atoms with Crippen LogP contribution < -0.4 is 4.90 Å². The summed E-state index contributed by atoms with van der Waals surface area (Å²) in [6.45, 7) is 4.53. The molecule has 0 bridgehead atoms. The number of rotatable bonds is 3. The number of aromatic nitrogens is 2. The second kappa shape index (κ2) is 5.39. The minimum Gasteiger partial charge on any atom is -0.481 e. The fraction of sp³-hybridized carbons (Fsp3) is 0.500. The Kier molecular flexibility index (Phi) is 3.57. The molecule has 3 heterocycles. The van der Waals surface area contributed by atoms with Crippen molar-refractivity contribution < 1.29 is 9.90 Å². The van der Waals surface area contributed by atoms with Crippen LogP contribution in [0.5, 0.6) is 0 Å². The fourth-order valence-electron chi connectivity index (χ4n) is 3.36. The highest BCUT2D eigenvalue weighted by atomic mass is 16.4. The van der Waals surface area contributed by atoms with E-state index in [0.717, 1.165) is 5.65 Å². The van der Waals surface area contributed by atoms with Gasteiger partial charge in [0, 0.05) is 24.5 Å². The summed E-state index contributed by atoms with van der Waals surface area (Å²) >= 11 is 0. The smallest absolute Gasteiger partial charge is 0.309 e. The van der Waals surface area contributed by atoms with Crippen LogP contribution in [0.25, 0.3) is 5.65 Å². The number of anilines is 1. The van der Waals surface area contributed by atoms with Gasteiger partial charge in [-0.25, -0.2) is 4.98 Å². The standard InChI is InChI=1S/C16H21N3O2/c1-11-4-3-5-12(2)19(11)14-6-7-15-17-13(8-16(20)21)9-18(15)10-14/h6-7,9-12H,3-5,8H2,1-2H3,(H,20,21). The van der Waals surface area contributed by atoms with Crippen LogP contribution in [0.15, 0.2) is 24.5 Å². The van der Waals surface area contributed by atoms with E-state index in [2.05, 4.69) is 36.0 Å². The first kappa shape index (κ1) is 13.9. The molecule has 0 radical (unpaired) electrons. The Hall–Kier alpha value is -2.04. The lowest BCUT2D eigenvalue weighted by Gasteiger charge is -2.40. The van der Waals surface area contributed by atoms with Crippen molar-refractivity contribution in [1.82, 2.24) is 9.38 Å². The van der Waals surface area contributed by atoms with Crippen molar-refractivity contribution in [2.45, 2.75) is 51.6 Å². The predicted molar refractivity (Wildman–Crippen MR) is 81.8 cm³/mol. The number of carbonyl (C=O) groups is 1. The molecule has 0 aliphatic carbocycles. The summed E-state index contributed by atoms with van der Waals surface area (Å²) in [5.74, 6) is -0.850. The molecule has 5 heteroatoms. The summed E-state index contributed by atoms with van der Waals surface area (Å²) < 4.78 is 1.93. The largest absolute Gasteiger partial charge is 0.481 e. The SMILES string of the molecule is CC1CCCC(C)N1c1ccc2nc(CC(=O)O)cn2c1. The van der Waals surface area contributed by atoms with Gasteiger partial charge >= 0.3 is 5.97 Å². The van der Waals surface area contributed by atoms with Crippen LogP contribution in [-0.2, 0) is 11.2 Å². The molecule has 21 heavy (non-hydrogen) atoms. The highest BCUT2D eigenvalue weighted by Gasteiger charge is 2.25. The van der Waals surface area contributed by atoms with Gasteiger partial charge in [-0.1, -0.05) is 0 Å². The predicted octanol–water partition coefficient (Wildman–Crippen LogP) is 2.73. The minimum atomic E-state index is -0.850. The lowest BCUT2D eigenvalue weighted by molar-refractivity contribution is -0.136. The third-order valence-electron chi connectivity index (χ3n) is 4.31. The Morgan fingerprint density at radius 3 is 2.67 bits per heavy atom. The van der Waals surface area contributed by atoms with Crippen LogP contribution in [0.4, 0.5) is 5.69 Å². The Labute approximate surface area is 124 Å². The summed E-state index contributed by atoms with van der Waals surface area (Å²) in [5.41, 5.74) is 2.58. The Balaban J connectivity index is 1.94. The van der Waals surface area contributed by atoms with Crippen LogP contribution in [0.3, 0.4) is 0 Å². The molecule has 0 amide bonds. The third-order valence-corrected chi connectivity index (χ3v) is 4.31. The topological polar surface area (TPSA) is 57.8 Å². The average molecular weight is 287 g/mol. The summed E-state index contributed by atoms with van der Waals surface area (Å²) in [6, 6.07) is 5.13. The van der Waals surface area contributed by atoms with Gasteiger partial charge in [-0.2, -0.15) is 0 Å². The Morgan fingerprint density at radius 1 is 1.29 bits per heavy atom. The van der Waals surface area contributed by atoms with Crippen molar-refractivity contribution in [2.24, 2.45) is 0 Å². The Bertz CT molecular complexity index is 655. The zero-order valence-corrected chi connectivity index (χ0v) is 12.5. The molecule has 2 aromatic rings. The summed E-state index contributed by atoms with van der Waals surface area (Å²) in [6.07, 6.45) is 7.56. The maximum atomic E-state index is 10.8. The molecular weight excluding hydrogens is 266 g/mol. The van der Waals surface area contributed by atoms with Gasteiger partial charge in [0.25, 0.3) is 0 Å². The molecule has 0 aromatic carbocycles. The fourth-order valence-corrected chi connectivity index (χ4v) is 3.36. The lowest BCUT2D eigenvalue weighted by atomic mass is 9.97. The van der Waals surface area contributed by atoms with E-state index in [-0.39, 0.29) is 6.42 Å². The molecule has 1 aliphatic heterocycles. The van der Waals surface area contributed by atoms with Gasteiger partial charge in [-0.05, 0) is 45.2 Å². The molecule has 3 rings (SSSR count). The van der Waals surface area contributed by atoms with Gasteiger partial charge < -0.3 is 14.4 Å². The van der Waals surface area contributed by atoms with E-state index < -0.39 is 5.97 Å². The number of hydrogen-bond donors (Lipinski definition) is 1. The van der Waals surface area contributed by atoms with Crippen LogP contribution in [-0.4, -0.2) is 32.5 Å². The van der Waals surface area contributed by atoms with Crippen LogP contribution in [0, 0.1) is 0 Å². The monoisotopic (exact) mass is 287 g/mol. The number of fused-ring (bicyclic) bond motifs is 1. The summed E-state index contributed by atoms with van der Waals surface area (Å²) in [4.78, 5) is 17.6. The third kappa shape index (κ3) is 2.73. The van der Waals surface area contributed by atoms with E-state index in [1.807, 2.05) is 16.7 Å². The molecule has 1 saturated heterocycles. The zero-order chi connectivity index (χ0) is 15.0. The van der Waals surface area contributed by atoms with E-state index in [0.29, 0.717) is 17.8 Å². The van der Waals surface area contributed by atoms with Crippen molar-refractivity contribution in [1.29, 1.82) is 0 Å². The van der Waals surface area contributed by atoms with Crippen LogP contribution in [0.2, 0.25) is 0 Å². The number of nitrogens with zero attached hydrogens (tertiary/aromatic N) is 3.